The fraction of sp³-hybridized carbons (Fsp3) is 0.375. The zero-order valence-corrected chi connectivity index (χ0v) is 12.7. The van der Waals surface area contributed by atoms with Gasteiger partial charge in [0.15, 0.2) is 0 Å². The van der Waals surface area contributed by atoms with Crippen LogP contribution in [0.4, 0.5) is 0 Å². The molecule has 2 heterocycles. The Balaban J connectivity index is 1.94. The number of rotatable bonds is 4. The van der Waals surface area contributed by atoms with E-state index >= 15 is 0 Å². The van der Waals surface area contributed by atoms with Gasteiger partial charge in [0.25, 0.3) is 5.91 Å². The first-order chi connectivity index (χ1) is 10.7. The number of amides is 1. The van der Waals surface area contributed by atoms with E-state index in [0.29, 0.717) is 5.69 Å². The lowest BCUT2D eigenvalue weighted by molar-refractivity contribution is 0.0728. The molecule has 0 bridgehead atoms. The maximum absolute atomic E-state index is 12.6. The van der Waals surface area contributed by atoms with Crippen molar-refractivity contribution in [3.05, 3.63) is 41.7 Å². The normalized spacial score (nSPS) is 17.5. The molecule has 6 heteroatoms. The van der Waals surface area contributed by atoms with E-state index < -0.39 is 0 Å². The van der Waals surface area contributed by atoms with Crippen molar-refractivity contribution in [1.82, 2.24) is 15.1 Å². The Morgan fingerprint density at radius 2 is 2.18 bits per heavy atom. The van der Waals surface area contributed by atoms with Crippen LogP contribution in [0, 0.1) is 0 Å². The number of nitrogens with zero attached hydrogens (tertiary/aromatic N) is 2. The lowest BCUT2D eigenvalue weighted by Gasteiger charge is -2.26. The molecule has 0 aliphatic carbocycles. The smallest absolute Gasteiger partial charge is 0.272 e. The van der Waals surface area contributed by atoms with Gasteiger partial charge in [0.2, 0.25) is 0 Å². The van der Waals surface area contributed by atoms with E-state index in [1.165, 1.54) is 0 Å². The van der Waals surface area contributed by atoms with Gasteiger partial charge >= 0.3 is 0 Å². The minimum Gasteiger partial charge on any atom is -0.497 e. The first-order valence-electron chi connectivity index (χ1n) is 7.27. The molecule has 1 fully saturated rings. The van der Waals surface area contributed by atoms with Crippen molar-refractivity contribution < 1.29 is 14.3 Å². The van der Waals surface area contributed by atoms with Crippen LogP contribution in [0.2, 0.25) is 0 Å². The Bertz CT molecular complexity index is 655. The minimum atomic E-state index is -0.0372. The number of hydrogen-bond acceptors (Lipinski definition) is 4. The van der Waals surface area contributed by atoms with Crippen molar-refractivity contribution >= 4 is 5.91 Å². The van der Waals surface area contributed by atoms with Crippen molar-refractivity contribution in [2.24, 2.45) is 0 Å². The third-order valence-electron chi connectivity index (χ3n) is 4.04. The van der Waals surface area contributed by atoms with E-state index in [9.17, 15) is 4.79 Å². The highest BCUT2D eigenvalue weighted by molar-refractivity contribution is 5.92. The van der Waals surface area contributed by atoms with Gasteiger partial charge in [-0.15, -0.1) is 0 Å². The monoisotopic (exact) mass is 301 g/mol. The fourth-order valence-corrected chi connectivity index (χ4v) is 2.96. The third-order valence-corrected chi connectivity index (χ3v) is 4.04. The van der Waals surface area contributed by atoms with Crippen molar-refractivity contribution in [2.75, 3.05) is 20.8 Å². The highest BCUT2D eigenvalue weighted by atomic mass is 16.5. The molecular formula is C16H19N3O3. The lowest BCUT2D eigenvalue weighted by Crippen LogP contribution is -2.31. The summed E-state index contributed by atoms with van der Waals surface area (Å²) in [6.45, 7) is 0.725. The van der Waals surface area contributed by atoms with E-state index in [4.69, 9.17) is 9.47 Å². The van der Waals surface area contributed by atoms with Crippen LogP contribution < -0.4 is 9.47 Å². The predicted molar refractivity (Wildman–Crippen MR) is 81.1 cm³/mol. The largest absolute Gasteiger partial charge is 0.497 e. The van der Waals surface area contributed by atoms with E-state index in [2.05, 4.69) is 10.2 Å². The summed E-state index contributed by atoms with van der Waals surface area (Å²) in [5, 5.41) is 6.60. The number of aromatic amines is 1. The standard InChI is InChI=1S/C16H19N3O3/c1-21-11-5-6-15(22-2)12(10-11)14-4-3-9-19(14)16(20)13-7-8-17-18-13/h5-8,10,14H,3-4,9H2,1-2H3,(H,17,18)/t14-/m1/s1. The van der Waals surface area contributed by atoms with Gasteiger partial charge in [0, 0.05) is 18.3 Å². The number of likely N-dealkylation sites (tertiary alicyclic amines) is 1. The molecule has 1 saturated heterocycles. The number of ether oxygens (including phenoxy) is 2. The van der Waals surface area contributed by atoms with Crippen molar-refractivity contribution in [3.63, 3.8) is 0 Å². The number of H-pyrrole nitrogens is 1. The van der Waals surface area contributed by atoms with Gasteiger partial charge in [-0.1, -0.05) is 0 Å². The molecule has 116 valence electrons. The Hall–Kier alpha value is -2.50. The molecule has 1 aromatic carbocycles. The zero-order chi connectivity index (χ0) is 15.5. The summed E-state index contributed by atoms with van der Waals surface area (Å²) >= 11 is 0. The molecule has 0 saturated carbocycles. The highest BCUT2D eigenvalue weighted by Crippen LogP contribution is 2.39. The van der Waals surface area contributed by atoms with Gasteiger partial charge in [-0.05, 0) is 37.1 Å². The molecule has 0 radical (unpaired) electrons. The molecule has 1 atom stereocenters. The molecule has 3 rings (SSSR count). The average molecular weight is 301 g/mol. The molecule has 1 N–H and O–H groups in total. The SMILES string of the molecule is COc1ccc(OC)c([C@H]2CCCN2C(=O)c2ccn[nH]2)c1. The number of hydrogen-bond donors (Lipinski definition) is 1. The summed E-state index contributed by atoms with van der Waals surface area (Å²) < 4.78 is 10.8. The van der Waals surface area contributed by atoms with E-state index in [1.54, 1.807) is 26.5 Å². The molecule has 22 heavy (non-hydrogen) atoms. The number of methoxy groups -OCH3 is 2. The Morgan fingerprint density at radius 1 is 1.32 bits per heavy atom. The van der Waals surface area contributed by atoms with Gasteiger partial charge in [0.1, 0.15) is 17.2 Å². The second-order valence-electron chi connectivity index (χ2n) is 5.23. The van der Waals surface area contributed by atoms with Crippen LogP contribution in [0.25, 0.3) is 0 Å². The number of aromatic nitrogens is 2. The Labute approximate surface area is 129 Å². The van der Waals surface area contributed by atoms with Crippen LogP contribution in [0.3, 0.4) is 0 Å². The average Bonchev–Trinajstić information content (AvgIpc) is 3.24. The van der Waals surface area contributed by atoms with Crippen molar-refractivity contribution in [3.8, 4) is 11.5 Å². The van der Waals surface area contributed by atoms with Crippen LogP contribution in [-0.4, -0.2) is 41.8 Å². The van der Waals surface area contributed by atoms with Crippen LogP contribution in [0.1, 0.15) is 34.9 Å². The van der Waals surface area contributed by atoms with Crippen molar-refractivity contribution in [1.29, 1.82) is 0 Å². The molecule has 1 aromatic heterocycles. The van der Waals surface area contributed by atoms with Gasteiger partial charge in [-0.25, -0.2) is 0 Å². The molecule has 0 spiro atoms. The number of benzene rings is 1. The molecule has 0 unspecified atom stereocenters. The molecule has 6 nitrogen and oxygen atoms in total. The summed E-state index contributed by atoms with van der Waals surface area (Å²) in [4.78, 5) is 14.5. The van der Waals surface area contributed by atoms with E-state index in [0.717, 1.165) is 36.4 Å². The topological polar surface area (TPSA) is 67.5 Å². The van der Waals surface area contributed by atoms with Crippen molar-refractivity contribution in [2.45, 2.75) is 18.9 Å². The van der Waals surface area contributed by atoms with E-state index in [1.807, 2.05) is 23.1 Å². The Kier molecular flexibility index (Phi) is 4.00. The molecule has 1 aliphatic rings. The molecule has 1 amide bonds. The Morgan fingerprint density at radius 3 is 2.86 bits per heavy atom. The second kappa shape index (κ2) is 6.09. The first-order valence-corrected chi connectivity index (χ1v) is 7.27. The minimum absolute atomic E-state index is 0.0131. The number of carbonyl (C=O) groups is 1. The van der Waals surface area contributed by atoms with Gasteiger partial charge in [-0.3, -0.25) is 9.89 Å². The van der Waals surface area contributed by atoms with Crippen LogP contribution in [0.5, 0.6) is 11.5 Å². The summed E-state index contributed by atoms with van der Waals surface area (Å²) in [5.41, 5.74) is 1.49. The van der Waals surface area contributed by atoms with Gasteiger partial charge in [-0.2, -0.15) is 5.10 Å². The summed E-state index contributed by atoms with van der Waals surface area (Å²) in [5.74, 6) is 1.50. The van der Waals surface area contributed by atoms with Crippen LogP contribution in [-0.2, 0) is 0 Å². The second-order valence-corrected chi connectivity index (χ2v) is 5.23. The maximum Gasteiger partial charge on any atom is 0.272 e. The lowest BCUT2D eigenvalue weighted by atomic mass is 10.0. The summed E-state index contributed by atoms with van der Waals surface area (Å²) in [6.07, 6.45) is 3.46. The quantitative estimate of drug-likeness (QED) is 0.941. The summed E-state index contributed by atoms with van der Waals surface area (Å²) in [6, 6.07) is 7.37. The number of nitrogens with one attached hydrogen (secondary N) is 1. The molecular weight excluding hydrogens is 282 g/mol. The molecule has 1 aliphatic heterocycles. The number of carbonyl (C=O) groups excluding carboxylic acids is 1. The van der Waals surface area contributed by atoms with Crippen LogP contribution in [0.15, 0.2) is 30.5 Å². The van der Waals surface area contributed by atoms with E-state index in [-0.39, 0.29) is 11.9 Å². The highest BCUT2D eigenvalue weighted by Gasteiger charge is 2.33. The molecule has 2 aromatic rings. The van der Waals surface area contributed by atoms with Gasteiger partial charge < -0.3 is 14.4 Å². The van der Waals surface area contributed by atoms with Gasteiger partial charge in [0.05, 0.1) is 20.3 Å². The summed E-state index contributed by atoms with van der Waals surface area (Å²) in [7, 11) is 3.27. The predicted octanol–water partition coefficient (Wildman–Crippen LogP) is 2.40. The zero-order valence-electron chi connectivity index (χ0n) is 12.7. The third kappa shape index (κ3) is 2.52. The fourth-order valence-electron chi connectivity index (χ4n) is 2.96. The first kappa shape index (κ1) is 14.4. The van der Waals surface area contributed by atoms with Crippen LogP contribution >= 0.6 is 0 Å². The maximum atomic E-state index is 12.6.